The summed E-state index contributed by atoms with van der Waals surface area (Å²) in [5.41, 5.74) is 2.64. The number of carbonyl (C=O) groups is 2. The molecule has 0 spiro atoms. The molecule has 0 saturated carbocycles. The summed E-state index contributed by atoms with van der Waals surface area (Å²) in [5.74, 6) is -0.340. The molecule has 0 fully saturated rings. The molecule has 0 unspecified atom stereocenters. The SMILES string of the molecule is CCN(Cc1ccccc1)C(=O)c1ccc(C(=O)Nc2ccccc2Cl)cc1. The molecule has 0 aromatic heterocycles. The summed E-state index contributed by atoms with van der Waals surface area (Å²) in [5, 5.41) is 3.25. The van der Waals surface area contributed by atoms with Crippen molar-refractivity contribution in [1.82, 2.24) is 4.90 Å². The Balaban J connectivity index is 1.69. The normalized spacial score (nSPS) is 10.4. The Bertz CT molecular complexity index is 956. The number of hydrogen-bond acceptors (Lipinski definition) is 2. The third-order valence-electron chi connectivity index (χ3n) is 4.40. The van der Waals surface area contributed by atoms with E-state index in [2.05, 4.69) is 5.32 Å². The van der Waals surface area contributed by atoms with Gasteiger partial charge in [0, 0.05) is 24.2 Å². The fourth-order valence-electron chi connectivity index (χ4n) is 2.83. The summed E-state index contributed by atoms with van der Waals surface area (Å²) in [6.45, 7) is 3.10. The second kappa shape index (κ2) is 9.20. The predicted molar refractivity (Wildman–Crippen MR) is 113 cm³/mol. The molecule has 3 aromatic carbocycles. The van der Waals surface area contributed by atoms with Gasteiger partial charge in [-0.15, -0.1) is 0 Å². The van der Waals surface area contributed by atoms with Crippen LogP contribution in [0.25, 0.3) is 0 Å². The van der Waals surface area contributed by atoms with Crippen molar-refractivity contribution < 1.29 is 9.59 Å². The first-order valence-electron chi connectivity index (χ1n) is 9.07. The third kappa shape index (κ3) is 4.78. The van der Waals surface area contributed by atoms with Gasteiger partial charge in [0.25, 0.3) is 11.8 Å². The Morgan fingerprint density at radius 3 is 2.11 bits per heavy atom. The van der Waals surface area contributed by atoms with Gasteiger partial charge in [0.1, 0.15) is 0 Å². The maximum absolute atomic E-state index is 12.8. The zero-order valence-corrected chi connectivity index (χ0v) is 16.3. The van der Waals surface area contributed by atoms with E-state index in [4.69, 9.17) is 11.6 Å². The zero-order valence-electron chi connectivity index (χ0n) is 15.6. The summed E-state index contributed by atoms with van der Waals surface area (Å²) in [4.78, 5) is 27.0. The lowest BCUT2D eigenvalue weighted by Crippen LogP contribution is -2.30. The van der Waals surface area contributed by atoms with Crippen LogP contribution in [0.3, 0.4) is 0 Å². The molecule has 3 rings (SSSR count). The summed E-state index contributed by atoms with van der Waals surface area (Å²) < 4.78 is 0. The van der Waals surface area contributed by atoms with Gasteiger partial charge in [0.15, 0.2) is 0 Å². The smallest absolute Gasteiger partial charge is 0.255 e. The molecule has 0 bridgehead atoms. The van der Waals surface area contributed by atoms with Crippen LogP contribution in [0.15, 0.2) is 78.9 Å². The zero-order chi connectivity index (χ0) is 19.9. The molecule has 0 aliphatic rings. The van der Waals surface area contributed by atoms with E-state index in [1.54, 1.807) is 53.4 Å². The van der Waals surface area contributed by atoms with Gasteiger partial charge in [-0.3, -0.25) is 9.59 Å². The fraction of sp³-hybridized carbons (Fsp3) is 0.130. The number of rotatable bonds is 6. The van der Waals surface area contributed by atoms with Gasteiger partial charge in [-0.25, -0.2) is 0 Å². The predicted octanol–water partition coefficient (Wildman–Crippen LogP) is 5.25. The van der Waals surface area contributed by atoms with Crippen molar-refractivity contribution in [3.05, 3.63) is 101 Å². The number of halogens is 1. The Hall–Kier alpha value is -3.11. The molecule has 5 heteroatoms. The maximum atomic E-state index is 12.8. The van der Waals surface area contributed by atoms with Gasteiger partial charge in [-0.2, -0.15) is 0 Å². The summed E-state index contributed by atoms with van der Waals surface area (Å²) in [6.07, 6.45) is 0. The summed E-state index contributed by atoms with van der Waals surface area (Å²) in [6, 6.07) is 23.6. The van der Waals surface area contributed by atoms with Crippen LogP contribution >= 0.6 is 11.6 Å². The van der Waals surface area contributed by atoms with E-state index in [9.17, 15) is 9.59 Å². The minimum Gasteiger partial charge on any atom is -0.335 e. The average Bonchev–Trinajstić information content (AvgIpc) is 2.74. The number of nitrogens with zero attached hydrogens (tertiary/aromatic N) is 1. The molecule has 0 atom stereocenters. The minimum atomic E-state index is -0.274. The fourth-order valence-corrected chi connectivity index (χ4v) is 3.02. The minimum absolute atomic E-state index is 0.0654. The van der Waals surface area contributed by atoms with Crippen LogP contribution in [0.2, 0.25) is 5.02 Å². The molecule has 0 aliphatic carbocycles. The first-order valence-corrected chi connectivity index (χ1v) is 9.45. The van der Waals surface area contributed by atoms with Gasteiger partial charge >= 0.3 is 0 Å². The first kappa shape index (κ1) is 19.6. The number of para-hydroxylation sites is 1. The second-order valence-corrected chi connectivity index (χ2v) is 6.72. The lowest BCUT2D eigenvalue weighted by atomic mass is 10.1. The molecule has 0 heterocycles. The molecule has 2 amide bonds. The summed E-state index contributed by atoms with van der Waals surface area (Å²) >= 11 is 6.07. The van der Waals surface area contributed by atoms with E-state index in [0.29, 0.717) is 34.9 Å². The largest absolute Gasteiger partial charge is 0.335 e. The molecule has 0 saturated heterocycles. The van der Waals surface area contributed by atoms with E-state index in [-0.39, 0.29) is 11.8 Å². The van der Waals surface area contributed by atoms with E-state index in [1.165, 1.54) is 0 Å². The number of amides is 2. The number of carbonyl (C=O) groups excluding carboxylic acids is 2. The second-order valence-electron chi connectivity index (χ2n) is 6.32. The van der Waals surface area contributed by atoms with Gasteiger partial charge in [0.05, 0.1) is 10.7 Å². The van der Waals surface area contributed by atoms with Crippen molar-refractivity contribution in [2.24, 2.45) is 0 Å². The Labute approximate surface area is 169 Å². The highest BCUT2D eigenvalue weighted by Gasteiger charge is 2.15. The van der Waals surface area contributed by atoms with Crippen molar-refractivity contribution in [2.45, 2.75) is 13.5 Å². The van der Waals surface area contributed by atoms with Crippen molar-refractivity contribution in [3.63, 3.8) is 0 Å². The van der Waals surface area contributed by atoms with Crippen molar-refractivity contribution in [2.75, 3.05) is 11.9 Å². The highest BCUT2D eigenvalue weighted by molar-refractivity contribution is 6.33. The topological polar surface area (TPSA) is 49.4 Å². The van der Waals surface area contributed by atoms with Gasteiger partial charge < -0.3 is 10.2 Å². The van der Waals surface area contributed by atoms with E-state index in [1.807, 2.05) is 37.3 Å². The molecule has 142 valence electrons. The van der Waals surface area contributed by atoms with E-state index >= 15 is 0 Å². The molecule has 28 heavy (non-hydrogen) atoms. The number of nitrogens with one attached hydrogen (secondary N) is 1. The third-order valence-corrected chi connectivity index (χ3v) is 4.73. The molecule has 0 aliphatic heterocycles. The summed E-state index contributed by atoms with van der Waals surface area (Å²) in [7, 11) is 0. The lowest BCUT2D eigenvalue weighted by Gasteiger charge is -2.21. The number of benzene rings is 3. The monoisotopic (exact) mass is 392 g/mol. The molecule has 1 N–H and O–H groups in total. The van der Waals surface area contributed by atoms with Crippen LogP contribution in [0, 0.1) is 0 Å². The Morgan fingerprint density at radius 1 is 0.857 bits per heavy atom. The number of anilines is 1. The lowest BCUT2D eigenvalue weighted by molar-refractivity contribution is 0.0752. The van der Waals surface area contributed by atoms with Crippen LogP contribution in [-0.2, 0) is 6.54 Å². The van der Waals surface area contributed by atoms with Crippen LogP contribution in [-0.4, -0.2) is 23.3 Å². The van der Waals surface area contributed by atoms with Gasteiger partial charge in [-0.05, 0) is 48.9 Å². The van der Waals surface area contributed by atoms with Crippen LogP contribution in [0.4, 0.5) is 5.69 Å². The van der Waals surface area contributed by atoms with Crippen LogP contribution in [0.5, 0.6) is 0 Å². The quantitative estimate of drug-likeness (QED) is 0.622. The average molecular weight is 393 g/mol. The van der Waals surface area contributed by atoms with Crippen molar-refractivity contribution >= 4 is 29.1 Å². The Kier molecular flexibility index (Phi) is 6.45. The van der Waals surface area contributed by atoms with E-state index in [0.717, 1.165) is 5.56 Å². The van der Waals surface area contributed by atoms with Crippen molar-refractivity contribution in [3.8, 4) is 0 Å². The highest BCUT2D eigenvalue weighted by atomic mass is 35.5. The van der Waals surface area contributed by atoms with Crippen LogP contribution < -0.4 is 5.32 Å². The maximum Gasteiger partial charge on any atom is 0.255 e. The standard InChI is InChI=1S/C23H21ClN2O2/c1-2-26(16-17-8-4-3-5-9-17)23(28)19-14-12-18(13-15-19)22(27)25-21-11-7-6-10-20(21)24/h3-15H,2,16H2,1H3,(H,25,27). The van der Waals surface area contributed by atoms with E-state index < -0.39 is 0 Å². The highest BCUT2D eigenvalue weighted by Crippen LogP contribution is 2.21. The van der Waals surface area contributed by atoms with Gasteiger partial charge in [-0.1, -0.05) is 54.1 Å². The molecule has 4 nitrogen and oxygen atoms in total. The molecular formula is C23H21ClN2O2. The molecular weight excluding hydrogens is 372 g/mol. The molecule has 0 radical (unpaired) electrons. The molecule has 3 aromatic rings. The van der Waals surface area contributed by atoms with Crippen molar-refractivity contribution in [1.29, 1.82) is 0 Å². The van der Waals surface area contributed by atoms with Crippen LogP contribution in [0.1, 0.15) is 33.2 Å². The van der Waals surface area contributed by atoms with Gasteiger partial charge in [0.2, 0.25) is 0 Å². The number of hydrogen-bond donors (Lipinski definition) is 1. The first-order chi connectivity index (χ1) is 13.6. The Morgan fingerprint density at radius 2 is 1.46 bits per heavy atom.